The third-order valence-electron chi connectivity index (χ3n) is 9.13. The van der Waals surface area contributed by atoms with Crippen molar-refractivity contribution in [1.29, 1.82) is 0 Å². The Morgan fingerprint density at radius 2 is 1.40 bits per heavy atom. The van der Waals surface area contributed by atoms with Gasteiger partial charge in [-0.05, 0) is 48.1 Å². The van der Waals surface area contributed by atoms with Crippen LogP contribution in [-0.4, -0.2) is 9.52 Å². The summed E-state index contributed by atoms with van der Waals surface area (Å²) in [6.07, 6.45) is 9.40. The van der Waals surface area contributed by atoms with E-state index >= 15 is 0 Å². The van der Waals surface area contributed by atoms with Crippen molar-refractivity contribution in [3.8, 4) is 11.1 Å². The fraction of sp³-hybridized carbons (Fsp3) is 0.415. The monoisotopic (exact) mass is 732 g/mol. The molecule has 0 N–H and O–H groups in total. The zero-order valence-electron chi connectivity index (χ0n) is 28.5. The van der Waals surface area contributed by atoms with Gasteiger partial charge >= 0.3 is 37.9 Å². The van der Waals surface area contributed by atoms with Crippen molar-refractivity contribution in [2.75, 3.05) is 0 Å². The van der Waals surface area contributed by atoms with Crippen LogP contribution in [-0.2, 0) is 27.3 Å². The molecule has 0 heterocycles. The molecule has 0 bridgehead atoms. The minimum absolute atomic E-state index is 0.588. The second kappa shape index (κ2) is 20.0. The van der Waals surface area contributed by atoms with E-state index in [-0.39, 0.29) is 0 Å². The van der Waals surface area contributed by atoms with Crippen LogP contribution in [0.25, 0.3) is 32.7 Å². The van der Waals surface area contributed by atoms with Gasteiger partial charge < -0.3 is 0 Å². The number of rotatable bonds is 6. The van der Waals surface area contributed by atoms with Crippen LogP contribution in [0.1, 0.15) is 113 Å². The van der Waals surface area contributed by atoms with E-state index in [0.29, 0.717) is 11.8 Å². The molecule has 1 aliphatic carbocycles. The number of hydrogen-bond acceptors (Lipinski definition) is 0. The van der Waals surface area contributed by atoms with E-state index in [1.54, 1.807) is 11.1 Å². The Hall–Kier alpha value is -1.44. The van der Waals surface area contributed by atoms with E-state index < -0.39 is 20.8 Å². The molecule has 5 aromatic carbocycles. The van der Waals surface area contributed by atoms with Crippen LogP contribution < -0.4 is 0 Å². The second-order valence-corrected chi connectivity index (χ2v) is 17.4. The first-order valence-corrected chi connectivity index (χ1v) is 25.2. The molecular formula is C41H52Cl2SiZr. The van der Waals surface area contributed by atoms with Crippen LogP contribution >= 0.6 is 17.0 Å². The van der Waals surface area contributed by atoms with Gasteiger partial charge in [-0.1, -0.05) is 121 Å². The minimum atomic E-state index is -0.826. The van der Waals surface area contributed by atoms with Crippen LogP contribution in [0, 0.1) is 0 Å². The maximum absolute atomic E-state index is 4.93. The van der Waals surface area contributed by atoms with Gasteiger partial charge in [0.25, 0.3) is 0 Å². The van der Waals surface area contributed by atoms with Crippen molar-refractivity contribution in [3.05, 3.63) is 107 Å². The zero-order chi connectivity index (χ0) is 32.8. The summed E-state index contributed by atoms with van der Waals surface area (Å²) in [5.74, 6) is 2.08. The number of aryl methyl sites for hydroxylation is 1. The Kier molecular flexibility index (Phi) is 16.9. The van der Waals surface area contributed by atoms with E-state index in [9.17, 15) is 0 Å². The molecule has 0 nitrogen and oxygen atoms in total. The van der Waals surface area contributed by atoms with Crippen molar-refractivity contribution in [1.82, 2.24) is 0 Å². The van der Waals surface area contributed by atoms with Crippen LogP contribution in [0.3, 0.4) is 0 Å². The van der Waals surface area contributed by atoms with E-state index in [2.05, 4.69) is 133 Å². The first-order chi connectivity index (χ1) is 21.8. The van der Waals surface area contributed by atoms with Crippen LogP contribution in [0.15, 0.2) is 84.9 Å². The molecule has 1 aliphatic rings. The number of benzene rings is 3. The van der Waals surface area contributed by atoms with Gasteiger partial charge in [0.1, 0.15) is 0 Å². The Labute approximate surface area is 295 Å². The van der Waals surface area contributed by atoms with Gasteiger partial charge in [0, 0.05) is 9.52 Å². The summed E-state index contributed by atoms with van der Waals surface area (Å²) in [5, 5.41) is 5.70. The van der Waals surface area contributed by atoms with Gasteiger partial charge in [-0.2, -0.15) is 12.1 Å². The molecule has 5 aromatic rings. The SMILES string of the molecule is CCC(C)c1cccc2[cH-]c(C3CCCCC3)cc12.CCc1cc2c(-c3ccc(C(C)C)cc3)cccc2[cH-]1.C[Si]C.[Cl][Zr+2][Cl]. The molecule has 4 heteroatoms. The maximum atomic E-state index is 4.93. The van der Waals surface area contributed by atoms with Crippen LogP contribution in [0.2, 0.25) is 13.1 Å². The molecule has 6 rings (SSSR count). The molecule has 45 heavy (non-hydrogen) atoms. The average molecular weight is 735 g/mol. The summed E-state index contributed by atoms with van der Waals surface area (Å²) in [4.78, 5) is 0. The van der Waals surface area contributed by atoms with Gasteiger partial charge in [-0.15, -0.1) is 69.1 Å². The molecule has 1 fully saturated rings. The van der Waals surface area contributed by atoms with Gasteiger partial charge in [0.2, 0.25) is 0 Å². The van der Waals surface area contributed by atoms with Gasteiger partial charge in [0.05, 0.1) is 0 Å². The summed E-state index contributed by atoms with van der Waals surface area (Å²) in [7, 11) is 11.0. The van der Waals surface area contributed by atoms with E-state index in [4.69, 9.17) is 17.0 Å². The van der Waals surface area contributed by atoms with Gasteiger partial charge in [-0.3, -0.25) is 0 Å². The standard InChI is InChI=1S/C20H21.C19H25.C2H6Si.2ClH.Zr/c1-4-15-12-18-6-5-7-19(20(18)13-15)17-10-8-16(9-11-17)14(2)3;1-3-14(2)18-11-7-10-16-12-17(13-19(16)18)15-8-5-4-6-9-15;1-3-2;;;/h5-14H,4H2,1-3H3;7,10-15H,3-6,8-9H2,1-2H3;1-2H3;2*1H;/q2*-1;;;;+4/p-2. The van der Waals surface area contributed by atoms with E-state index in [1.165, 1.54) is 82.3 Å². The number of fused-ring (bicyclic) bond motifs is 2. The molecule has 238 valence electrons. The third-order valence-corrected chi connectivity index (χ3v) is 9.13. The third kappa shape index (κ3) is 10.8. The van der Waals surface area contributed by atoms with Crippen molar-refractivity contribution in [3.63, 3.8) is 0 Å². The quantitative estimate of drug-likeness (QED) is 0.120. The molecule has 0 amide bonds. The number of hydrogen-bond donors (Lipinski definition) is 0. The Bertz CT molecular complexity index is 1540. The first-order valence-electron chi connectivity index (χ1n) is 16.8. The topological polar surface area (TPSA) is 0 Å². The summed E-state index contributed by atoms with van der Waals surface area (Å²) >= 11 is -0.826. The molecule has 0 spiro atoms. The van der Waals surface area contributed by atoms with E-state index in [0.717, 1.165) is 21.9 Å². The average Bonchev–Trinajstić information content (AvgIpc) is 3.70. The predicted molar refractivity (Wildman–Crippen MR) is 202 cm³/mol. The van der Waals surface area contributed by atoms with E-state index in [1.807, 2.05) is 0 Å². The molecule has 1 atom stereocenters. The molecule has 0 aromatic heterocycles. The molecule has 1 unspecified atom stereocenters. The molecule has 1 saturated carbocycles. The summed E-state index contributed by atoms with van der Waals surface area (Å²) in [6, 6.07) is 32.0. The summed E-state index contributed by atoms with van der Waals surface area (Å²) < 4.78 is 0. The molecular weight excluding hydrogens is 683 g/mol. The first kappa shape index (κ1) is 38.0. The van der Waals surface area contributed by atoms with Gasteiger partial charge in [0.15, 0.2) is 0 Å². The Balaban J connectivity index is 0.000000209. The van der Waals surface area contributed by atoms with Crippen LogP contribution in [0.5, 0.6) is 0 Å². The second-order valence-electron chi connectivity index (χ2n) is 12.7. The van der Waals surface area contributed by atoms with Crippen molar-refractivity contribution in [2.45, 2.75) is 110 Å². The van der Waals surface area contributed by atoms with Crippen molar-refractivity contribution in [2.24, 2.45) is 0 Å². The number of halogens is 2. The molecule has 0 aliphatic heterocycles. The fourth-order valence-electron chi connectivity index (χ4n) is 6.40. The van der Waals surface area contributed by atoms with Gasteiger partial charge in [-0.25, -0.2) is 0 Å². The van der Waals surface area contributed by atoms with Crippen molar-refractivity contribution >= 4 is 48.1 Å². The fourth-order valence-corrected chi connectivity index (χ4v) is 6.40. The van der Waals surface area contributed by atoms with Crippen LogP contribution in [0.4, 0.5) is 0 Å². The zero-order valence-corrected chi connectivity index (χ0v) is 33.5. The predicted octanol–water partition coefficient (Wildman–Crippen LogP) is 14.2. The molecule has 2 radical (unpaired) electrons. The normalized spacial score (nSPS) is 13.6. The summed E-state index contributed by atoms with van der Waals surface area (Å²) in [6.45, 7) is 15.6. The molecule has 0 saturated heterocycles. The Morgan fingerprint density at radius 1 is 0.800 bits per heavy atom. The summed E-state index contributed by atoms with van der Waals surface area (Å²) in [5.41, 5.74) is 8.63. The Morgan fingerprint density at radius 3 is 1.98 bits per heavy atom. The van der Waals surface area contributed by atoms with Crippen molar-refractivity contribution < 1.29 is 20.8 Å².